The van der Waals surface area contributed by atoms with E-state index in [9.17, 15) is 0 Å². The van der Waals surface area contributed by atoms with Crippen molar-refractivity contribution in [2.75, 3.05) is 0 Å². The molecule has 1 aromatic rings. The fraction of sp³-hybridized carbons (Fsp3) is 0.724. The lowest BCUT2D eigenvalue weighted by Crippen LogP contribution is -2.35. The molecule has 29 heavy (non-hydrogen) atoms. The summed E-state index contributed by atoms with van der Waals surface area (Å²) in [5.74, 6) is 5.08. The van der Waals surface area contributed by atoms with E-state index in [4.69, 9.17) is 0 Å². The molecule has 3 unspecified atom stereocenters. The van der Waals surface area contributed by atoms with Crippen molar-refractivity contribution in [3.05, 3.63) is 47.5 Å². The number of unbranched alkanes of at least 4 members (excludes halogenated alkanes) is 2. The van der Waals surface area contributed by atoms with Gasteiger partial charge in [-0.2, -0.15) is 0 Å². The predicted octanol–water partition coefficient (Wildman–Crippen LogP) is 8.32. The Morgan fingerprint density at radius 3 is 2.52 bits per heavy atom. The first-order valence-electron chi connectivity index (χ1n) is 13.0. The normalized spacial score (nSPS) is 31.7. The van der Waals surface area contributed by atoms with Crippen molar-refractivity contribution in [1.82, 2.24) is 0 Å². The van der Waals surface area contributed by atoms with Crippen molar-refractivity contribution in [3.63, 3.8) is 0 Å². The fourth-order valence-electron chi connectivity index (χ4n) is 7.04. The summed E-state index contributed by atoms with van der Waals surface area (Å²) in [4.78, 5) is 0. The molecule has 2 fully saturated rings. The first-order valence-corrected chi connectivity index (χ1v) is 13.0. The van der Waals surface area contributed by atoms with E-state index in [0.717, 1.165) is 29.6 Å². The molecule has 0 radical (unpaired) electrons. The van der Waals surface area contributed by atoms with E-state index in [1.807, 2.05) is 0 Å². The average molecular weight is 393 g/mol. The molecule has 0 bridgehead atoms. The molecule has 5 atom stereocenters. The molecule has 0 spiro atoms. The number of hydrogen-bond acceptors (Lipinski definition) is 0. The molecule has 3 aliphatic rings. The standard InChI is InChI=1S/C29H44/c1-3-5-7-9-23-11-13-27-21-29(17-15-25(27)19-23)28-16-14-24-18-22(8-6-4-2)10-12-26(24)20-28/h4,11,13,19,22,24,26,28-29H,2-3,5-10,12,14-18,20-21H2,1H3/t22-,24?,26-,28?,29?/m1/s1. The molecule has 0 aliphatic heterocycles. The summed E-state index contributed by atoms with van der Waals surface area (Å²) in [6.45, 7) is 6.23. The van der Waals surface area contributed by atoms with Crippen LogP contribution in [0.1, 0.15) is 101 Å². The van der Waals surface area contributed by atoms with Gasteiger partial charge in [-0.25, -0.2) is 0 Å². The number of allylic oxidation sites excluding steroid dienone is 1. The minimum atomic E-state index is 0.966. The Kier molecular flexibility index (Phi) is 7.54. The van der Waals surface area contributed by atoms with Crippen LogP contribution < -0.4 is 0 Å². The number of fused-ring (bicyclic) bond motifs is 2. The zero-order valence-corrected chi connectivity index (χ0v) is 19.0. The summed E-state index contributed by atoms with van der Waals surface area (Å²) < 4.78 is 0. The van der Waals surface area contributed by atoms with Gasteiger partial charge >= 0.3 is 0 Å². The van der Waals surface area contributed by atoms with Crippen LogP contribution in [0.4, 0.5) is 0 Å². The molecule has 160 valence electrons. The van der Waals surface area contributed by atoms with Crippen LogP contribution in [-0.2, 0) is 19.3 Å². The zero-order valence-electron chi connectivity index (χ0n) is 19.0. The molecule has 0 heteroatoms. The second-order valence-electron chi connectivity index (χ2n) is 10.7. The van der Waals surface area contributed by atoms with Crippen LogP contribution in [0.5, 0.6) is 0 Å². The third kappa shape index (κ3) is 5.36. The van der Waals surface area contributed by atoms with E-state index in [0.29, 0.717) is 0 Å². The van der Waals surface area contributed by atoms with Crippen molar-refractivity contribution < 1.29 is 0 Å². The highest BCUT2D eigenvalue weighted by Crippen LogP contribution is 2.49. The highest BCUT2D eigenvalue weighted by molar-refractivity contribution is 5.34. The summed E-state index contributed by atoms with van der Waals surface area (Å²) in [5, 5.41) is 0. The molecule has 4 rings (SSSR count). The molecule has 0 heterocycles. The van der Waals surface area contributed by atoms with Gasteiger partial charge in [0, 0.05) is 0 Å². The number of rotatable bonds is 8. The van der Waals surface area contributed by atoms with Gasteiger partial charge in [0.15, 0.2) is 0 Å². The summed E-state index contributed by atoms with van der Waals surface area (Å²) >= 11 is 0. The third-order valence-corrected chi connectivity index (χ3v) is 8.81. The Morgan fingerprint density at radius 2 is 1.69 bits per heavy atom. The molecule has 3 aliphatic carbocycles. The molecule has 0 amide bonds. The Bertz CT molecular complexity index is 656. The van der Waals surface area contributed by atoms with Crippen LogP contribution in [0, 0.1) is 29.6 Å². The predicted molar refractivity (Wildman–Crippen MR) is 126 cm³/mol. The Hall–Kier alpha value is -1.04. The topological polar surface area (TPSA) is 0 Å². The molecule has 2 saturated carbocycles. The van der Waals surface area contributed by atoms with Gasteiger partial charge in [-0.3, -0.25) is 0 Å². The van der Waals surface area contributed by atoms with Crippen LogP contribution in [0.3, 0.4) is 0 Å². The maximum atomic E-state index is 3.93. The fourth-order valence-corrected chi connectivity index (χ4v) is 7.04. The summed E-state index contributed by atoms with van der Waals surface area (Å²) in [7, 11) is 0. The number of hydrogen-bond donors (Lipinski definition) is 0. The largest absolute Gasteiger partial charge is 0.103 e. The van der Waals surface area contributed by atoms with E-state index in [2.05, 4.69) is 37.8 Å². The highest BCUT2D eigenvalue weighted by Gasteiger charge is 2.38. The van der Waals surface area contributed by atoms with Gasteiger partial charge in [0.25, 0.3) is 0 Å². The third-order valence-electron chi connectivity index (χ3n) is 8.81. The van der Waals surface area contributed by atoms with Gasteiger partial charge in [0.2, 0.25) is 0 Å². The molecular formula is C29H44. The molecule has 0 aromatic heterocycles. The van der Waals surface area contributed by atoms with E-state index >= 15 is 0 Å². The van der Waals surface area contributed by atoms with Gasteiger partial charge in [0.05, 0.1) is 0 Å². The summed E-state index contributed by atoms with van der Waals surface area (Å²) in [6.07, 6.45) is 23.4. The SMILES string of the molecule is C=CCC[C@@H]1CC[C@@H]2CC(C3CCc4cc(CCCCC)ccc4C3)CCC2C1. The van der Waals surface area contributed by atoms with Crippen LogP contribution in [0.25, 0.3) is 0 Å². The van der Waals surface area contributed by atoms with Crippen LogP contribution >= 0.6 is 0 Å². The lowest BCUT2D eigenvalue weighted by molar-refractivity contribution is 0.0699. The quantitative estimate of drug-likeness (QED) is 0.308. The maximum Gasteiger partial charge on any atom is -0.0245 e. The number of aryl methyl sites for hydroxylation is 2. The molecular weight excluding hydrogens is 348 g/mol. The smallest absolute Gasteiger partial charge is 0.0245 e. The molecule has 1 aromatic carbocycles. The van der Waals surface area contributed by atoms with Gasteiger partial charge in [0.1, 0.15) is 0 Å². The van der Waals surface area contributed by atoms with E-state index in [1.54, 1.807) is 23.1 Å². The minimum Gasteiger partial charge on any atom is -0.103 e. The van der Waals surface area contributed by atoms with Crippen LogP contribution in [-0.4, -0.2) is 0 Å². The Balaban J connectivity index is 1.30. The highest BCUT2D eigenvalue weighted by atomic mass is 14.4. The Morgan fingerprint density at radius 1 is 0.897 bits per heavy atom. The van der Waals surface area contributed by atoms with Crippen molar-refractivity contribution in [2.24, 2.45) is 29.6 Å². The maximum absolute atomic E-state index is 3.93. The second-order valence-corrected chi connectivity index (χ2v) is 10.7. The van der Waals surface area contributed by atoms with Gasteiger partial charge < -0.3 is 0 Å². The molecule has 0 saturated heterocycles. The molecule has 0 N–H and O–H groups in total. The summed E-state index contributed by atoms with van der Waals surface area (Å²) in [6, 6.07) is 7.50. The van der Waals surface area contributed by atoms with Gasteiger partial charge in [-0.1, -0.05) is 50.5 Å². The van der Waals surface area contributed by atoms with E-state index in [-0.39, 0.29) is 0 Å². The van der Waals surface area contributed by atoms with Crippen LogP contribution in [0.15, 0.2) is 30.9 Å². The lowest BCUT2D eigenvalue weighted by atomic mass is 9.61. The van der Waals surface area contributed by atoms with Crippen molar-refractivity contribution in [1.29, 1.82) is 0 Å². The second kappa shape index (κ2) is 10.3. The van der Waals surface area contributed by atoms with Gasteiger partial charge in [-0.15, -0.1) is 6.58 Å². The van der Waals surface area contributed by atoms with Crippen LogP contribution in [0.2, 0.25) is 0 Å². The first kappa shape index (κ1) is 21.2. The average Bonchev–Trinajstić information content (AvgIpc) is 2.77. The number of benzene rings is 1. The molecule has 0 nitrogen and oxygen atoms in total. The summed E-state index contributed by atoms with van der Waals surface area (Å²) in [5.41, 5.74) is 4.96. The minimum absolute atomic E-state index is 0.966. The van der Waals surface area contributed by atoms with E-state index in [1.165, 1.54) is 89.9 Å². The zero-order chi connectivity index (χ0) is 20.1. The first-order chi connectivity index (χ1) is 14.3. The van der Waals surface area contributed by atoms with Crippen molar-refractivity contribution in [3.8, 4) is 0 Å². The van der Waals surface area contributed by atoms with Gasteiger partial charge in [-0.05, 0) is 123 Å². The lowest BCUT2D eigenvalue weighted by Gasteiger charge is -2.45. The van der Waals surface area contributed by atoms with Crippen molar-refractivity contribution in [2.45, 2.75) is 103 Å². The monoisotopic (exact) mass is 392 g/mol. The van der Waals surface area contributed by atoms with Crippen molar-refractivity contribution >= 4 is 0 Å². The van der Waals surface area contributed by atoms with E-state index < -0.39 is 0 Å². The Labute approximate surface area is 180 Å².